The number of halogens is 1. The Morgan fingerprint density at radius 2 is 1.74 bits per heavy atom. The number of rotatable bonds is 4. The normalized spacial score (nSPS) is 19.3. The number of fused-ring (bicyclic) bond motifs is 1. The Hall–Kier alpha value is -2.95. The van der Waals surface area contributed by atoms with E-state index in [1.165, 1.54) is 17.7 Å². The Kier molecular flexibility index (Phi) is 5.58. The van der Waals surface area contributed by atoms with E-state index in [4.69, 9.17) is 0 Å². The maximum Gasteiger partial charge on any atom is 0.274 e. The predicted molar refractivity (Wildman–Crippen MR) is 118 cm³/mol. The average Bonchev–Trinajstić information content (AvgIpc) is 3.24. The number of aryl methyl sites for hydroxylation is 1. The van der Waals surface area contributed by atoms with Crippen molar-refractivity contribution < 1.29 is 9.18 Å². The van der Waals surface area contributed by atoms with E-state index in [0.29, 0.717) is 17.5 Å². The summed E-state index contributed by atoms with van der Waals surface area (Å²) in [7, 11) is 0. The van der Waals surface area contributed by atoms with E-state index in [-0.39, 0.29) is 11.7 Å². The molecule has 2 aliphatic heterocycles. The van der Waals surface area contributed by atoms with Crippen molar-refractivity contribution in [3.8, 4) is 0 Å². The lowest BCUT2D eigenvalue weighted by Crippen LogP contribution is -2.39. The first-order chi connectivity index (χ1) is 15.2. The Morgan fingerprint density at radius 1 is 1.00 bits per heavy atom. The molecule has 3 heterocycles. The largest absolute Gasteiger partial charge is 0.337 e. The minimum absolute atomic E-state index is 0.0541. The average molecular weight is 418 g/mol. The molecule has 2 aromatic carbocycles. The summed E-state index contributed by atoms with van der Waals surface area (Å²) in [5.74, 6) is 1.81. The quantitative estimate of drug-likeness (QED) is 0.609. The first-order valence-corrected chi connectivity index (χ1v) is 11.3. The van der Waals surface area contributed by atoms with Gasteiger partial charge >= 0.3 is 0 Å². The SMILES string of the molecule is O=C(c1cn2c(n1)CCC(c1ccc(F)cc1)C2)N1CCC(Cc2ccccc2)CC1. The number of hydrogen-bond donors (Lipinski definition) is 0. The molecule has 4 nitrogen and oxygen atoms in total. The molecular formula is C26H28FN3O. The monoisotopic (exact) mass is 417 g/mol. The third-order valence-electron chi connectivity index (χ3n) is 6.82. The molecule has 2 aliphatic rings. The van der Waals surface area contributed by atoms with Crippen molar-refractivity contribution in [3.63, 3.8) is 0 Å². The van der Waals surface area contributed by atoms with Gasteiger partial charge in [0.15, 0.2) is 0 Å². The van der Waals surface area contributed by atoms with Crippen molar-refractivity contribution >= 4 is 5.91 Å². The minimum atomic E-state index is -0.205. The van der Waals surface area contributed by atoms with Gasteiger partial charge in [0.1, 0.15) is 17.3 Å². The number of carbonyl (C=O) groups excluding carboxylic acids is 1. The number of imidazole rings is 1. The van der Waals surface area contributed by atoms with Crippen molar-refractivity contribution in [3.05, 3.63) is 89.3 Å². The van der Waals surface area contributed by atoms with Crippen LogP contribution in [0.1, 0.15) is 52.6 Å². The highest BCUT2D eigenvalue weighted by atomic mass is 19.1. The van der Waals surface area contributed by atoms with Gasteiger partial charge in [-0.15, -0.1) is 0 Å². The molecule has 0 bridgehead atoms. The van der Waals surface area contributed by atoms with E-state index in [9.17, 15) is 9.18 Å². The van der Waals surface area contributed by atoms with E-state index in [0.717, 1.165) is 63.1 Å². The number of piperidine rings is 1. The number of benzene rings is 2. The van der Waals surface area contributed by atoms with Crippen LogP contribution in [0.5, 0.6) is 0 Å². The molecule has 5 heteroatoms. The highest BCUT2D eigenvalue weighted by molar-refractivity contribution is 5.92. The summed E-state index contributed by atoms with van der Waals surface area (Å²) < 4.78 is 15.4. The van der Waals surface area contributed by atoms with Crippen LogP contribution in [-0.2, 0) is 19.4 Å². The second kappa shape index (κ2) is 8.66. The van der Waals surface area contributed by atoms with Crippen molar-refractivity contribution in [1.82, 2.24) is 14.5 Å². The van der Waals surface area contributed by atoms with Crippen LogP contribution in [0.15, 0.2) is 60.8 Å². The molecule has 5 rings (SSSR count). The van der Waals surface area contributed by atoms with E-state index >= 15 is 0 Å². The van der Waals surface area contributed by atoms with Crippen molar-refractivity contribution in [2.75, 3.05) is 13.1 Å². The fraction of sp³-hybridized carbons (Fsp3) is 0.385. The molecular weight excluding hydrogens is 389 g/mol. The first-order valence-electron chi connectivity index (χ1n) is 11.3. The fourth-order valence-corrected chi connectivity index (χ4v) is 5.00. The molecule has 31 heavy (non-hydrogen) atoms. The second-order valence-electron chi connectivity index (χ2n) is 8.91. The van der Waals surface area contributed by atoms with E-state index < -0.39 is 0 Å². The Morgan fingerprint density at radius 3 is 2.48 bits per heavy atom. The molecule has 0 aliphatic carbocycles. The van der Waals surface area contributed by atoms with Crippen molar-refractivity contribution in [1.29, 1.82) is 0 Å². The first kappa shape index (κ1) is 20.0. The maximum atomic E-state index is 13.2. The highest BCUT2D eigenvalue weighted by Gasteiger charge is 2.28. The van der Waals surface area contributed by atoms with Gasteiger partial charge in [-0.05, 0) is 54.9 Å². The zero-order chi connectivity index (χ0) is 21.2. The van der Waals surface area contributed by atoms with Crippen LogP contribution in [0.3, 0.4) is 0 Å². The number of hydrogen-bond acceptors (Lipinski definition) is 2. The lowest BCUT2D eigenvalue weighted by atomic mass is 9.90. The topological polar surface area (TPSA) is 38.1 Å². The third-order valence-corrected chi connectivity index (χ3v) is 6.82. The molecule has 1 fully saturated rings. The van der Waals surface area contributed by atoms with Gasteiger partial charge in [-0.25, -0.2) is 9.37 Å². The van der Waals surface area contributed by atoms with Gasteiger partial charge in [0.25, 0.3) is 5.91 Å². The fourth-order valence-electron chi connectivity index (χ4n) is 5.00. The Bertz CT molecular complexity index is 1040. The van der Waals surface area contributed by atoms with Crippen LogP contribution in [0.2, 0.25) is 0 Å². The lowest BCUT2D eigenvalue weighted by molar-refractivity contribution is 0.0685. The van der Waals surface area contributed by atoms with Gasteiger partial charge in [0.2, 0.25) is 0 Å². The predicted octanol–water partition coefficient (Wildman–Crippen LogP) is 4.85. The number of nitrogens with zero attached hydrogens (tertiary/aromatic N) is 3. The van der Waals surface area contributed by atoms with Gasteiger partial charge in [-0.3, -0.25) is 4.79 Å². The van der Waals surface area contributed by atoms with Gasteiger partial charge < -0.3 is 9.47 Å². The molecule has 160 valence electrons. The van der Waals surface area contributed by atoms with Crippen LogP contribution in [0.4, 0.5) is 4.39 Å². The molecule has 0 radical (unpaired) electrons. The van der Waals surface area contributed by atoms with Crippen LogP contribution in [0.25, 0.3) is 0 Å². The van der Waals surface area contributed by atoms with Gasteiger partial charge in [-0.2, -0.15) is 0 Å². The van der Waals surface area contributed by atoms with E-state index in [2.05, 4.69) is 39.9 Å². The summed E-state index contributed by atoms with van der Waals surface area (Å²) >= 11 is 0. The van der Waals surface area contributed by atoms with Gasteiger partial charge in [0.05, 0.1) is 0 Å². The van der Waals surface area contributed by atoms with Crippen molar-refractivity contribution in [2.24, 2.45) is 5.92 Å². The van der Waals surface area contributed by atoms with Crippen LogP contribution < -0.4 is 0 Å². The highest BCUT2D eigenvalue weighted by Crippen LogP contribution is 2.29. The van der Waals surface area contributed by atoms with Crippen LogP contribution in [-0.4, -0.2) is 33.4 Å². The summed E-state index contributed by atoms with van der Waals surface area (Å²) in [5, 5.41) is 0. The number of likely N-dealkylation sites (tertiary alicyclic amines) is 1. The summed E-state index contributed by atoms with van der Waals surface area (Å²) in [4.78, 5) is 19.7. The molecule has 1 amide bonds. The molecule has 0 spiro atoms. The standard InChI is InChI=1S/C26H28FN3O/c27-23-9-6-21(7-10-23)22-8-11-25-28-24(18-30(25)17-22)26(31)29-14-12-20(13-15-29)16-19-4-2-1-3-5-19/h1-7,9-10,18,20,22H,8,11-17H2. The summed E-state index contributed by atoms with van der Waals surface area (Å²) in [5.41, 5.74) is 3.09. The smallest absolute Gasteiger partial charge is 0.274 e. The zero-order valence-electron chi connectivity index (χ0n) is 17.7. The number of aromatic nitrogens is 2. The molecule has 3 aromatic rings. The Labute approximate surface area is 182 Å². The van der Waals surface area contributed by atoms with Crippen LogP contribution >= 0.6 is 0 Å². The Balaban J connectivity index is 1.20. The number of carbonyl (C=O) groups is 1. The van der Waals surface area contributed by atoms with Crippen molar-refractivity contribution in [2.45, 2.75) is 44.6 Å². The molecule has 0 N–H and O–H groups in total. The van der Waals surface area contributed by atoms with E-state index in [1.807, 2.05) is 23.2 Å². The summed E-state index contributed by atoms with van der Waals surface area (Å²) in [6, 6.07) is 17.4. The maximum absolute atomic E-state index is 13.2. The van der Waals surface area contributed by atoms with Crippen LogP contribution in [0, 0.1) is 11.7 Å². The molecule has 0 saturated carbocycles. The lowest BCUT2D eigenvalue weighted by Gasteiger charge is -2.31. The van der Waals surface area contributed by atoms with E-state index in [1.54, 1.807) is 0 Å². The molecule has 1 saturated heterocycles. The summed E-state index contributed by atoms with van der Waals surface area (Å²) in [6.45, 7) is 2.40. The number of amides is 1. The molecule has 1 atom stereocenters. The minimum Gasteiger partial charge on any atom is -0.337 e. The molecule has 1 aromatic heterocycles. The third kappa shape index (κ3) is 4.41. The summed E-state index contributed by atoms with van der Waals surface area (Å²) in [6.07, 6.45) is 6.91. The van der Waals surface area contributed by atoms with Gasteiger partial charge in [0, 0.05) is 38.2 Å². The molecule has 1 unspecified atom stereocenters. The van der Waals surface area contributed by atoms with Gasteiger partial charge in [-0.1, -0.05) is 42.5 Å². The zero-order valence-corrected chi connectivity index (χ0v) is 17.7. The second-order valence-corrected chi connectivity index (χ2v) is 8.91.